The Morgan fingerprint density at radius 3 is 2.87 bits per heavy atom. The lowest BCUT2D eigenvalue weighted by molar-refractivity contribution is -0.116. The van der Waals surface area contributed by atoms with Crippen molar-refractivity contribution in [2.45, 2.75) is 31.9 Å². The molecule has 0 aliphatic heterocycles. The molecular formula is C11H18N2OS. The Balaban J connectivity index is 2.26. The Kier molecular flexibility index (Phi) is 4.88. The number of rotatable bonds is 6. The Hall–Kier alpha value is -0.770. The molecule has 0 atom stereocenters. The van der Waals surface area contributed by atoms with Gasteiger partial charge >= 0.3 is 0 Å². The van der Waals surface area contributed by atoms with Crippen molar-refractivity contribution in [3.8, 4) is 0 Å². The second-order valence-electron chi connectivity index (χ2n) is 3.84. The highest BCUT2D eigenvalue weighted by Gasteiger charge is 2.06. The number of carbonyl (C=O) groups excluding carboxylic acids is 1. The molecule has 4 heteroatoms. The van der Waals surface area contributed by atoms with Gasteiger partial charge in [-0.3, -0.25) is 9.48 Å². The van der Waals surface area contributed by atoms with E-state index >= 15 is 0 Å². The van der Waals surface area contributed by atoms with Crippen LogP contribution >= 0.6 is 11.8 Å². The summed E-state index contributed by atoms with van der Waals surface area (Å²) < 4.78 is 1.82. The van der Waals surface area contributed by atoms with Gasteiger partial charge in [-0.25, -0.2) is 0 Å². The van der Waals surface area contributed by atoms with Crippen LogP contribution in [0.15, 0.2) is 12.3 Å². The van der Waals surface area contributed by atoms with Gasteiger partial charge in [0.05, 0.1) is 5.75 Å². The fourth-order valence-corrected chi connectivity index (χ4v) is 1.91. The lowest BCUT2D eigenvalue weighted by Gasteiger charge is -2.04. The molecule has 0 N–H and O–H groups in total. The maximum Gasteiger partial charge on any atom is 0.143 e. The summed E-state index contributed by atoms with van der Waals surface area (Å²) in [6.45, 7) is 4.22. The van der Waals surface area contributed by atoms with E-state index in [-0.39, 0.29) is 0 Å². The molecule has 0 saturated heterocycles. The van der Waals surface area contributed by atoms with E-state index in [1.165, 1.54) is 0 Å². The average Bonchev–Trinajstić information content (AvgIpc) is 2.58. The fourth-order valence-electron chi connectivity index (χ4n) is 1.25. The molecule has 0 aliphatic carbocycles. The molecular weight excluding hydrogens is 208 g/mol. The van der Waals surface area contributed by atoms with Gasteiger partial charge in [0.25, 0.3) is 0 Å². The zero-order chi connectivity index (χ0) is 11.3. The standard InChI is InChI=1S/C11H18N2OS/c1-9(2)15-8-11(14)5-4-10-6-7-12-13(10)3/h6-7,9H,4-5,8H2,1-3H3. The lowest BCUT2D eigenvalue weighted by atomic mass is 10.2. The van der Waals surface area contributed by atoms with Crippen molar-refractivity contribution in [3.05, 3.63) is 18.0 Å². The first-order chi connectivity index (χ1) is 7.09. The number of thioether (sulfide) groups is 1. The van der Waals surface area contributed by atoms with Crippen LogP contribution in [0.4, 0.5) is 0 Å². The third kappa shape index (κ3) is 4.51. The van der Waals surface area contributed by atoms with Crippen molar-refractivity contribution >= 4 is 17.5 Å². The minimum atomic E-state index is 0.329. The molecule has 0 bridgehead atoms. The minimum Gasteiger partial charge on any atom is -0.299 e. The van der Waals surface area contributed by atoms with Crippen molar-refractivity contribution in [1.82, 2.24) is 9.78 Å². The number of nitrogens with zero attached hydrogens (tertiary/aromatic N) is 2. The van der Waals surface area contributed by atoms with E-state index in [1.807, 2.05) is 17.8 Å². The minimum absolute atomic E-state index is 0.329. The molecule has 1 heterocycles. The van der Waals surface area contributed by atoms with Gasteiger partial charge in [0.15, 0.2) is 0 Å². The summed E-state index contributed by atoms with van der Waals surface area (Å²) in [5.74, 6) is 0.963. The number of hydrogen-bond donors (Lipinski definition) is 0. The fraction of sp³-hybridized carbons (Fsp3) is 0.636. The predicted molar refractivity (Wildman–Crippen MR) is 64.1 cm³/mol. The molecule has 84 valence electrons. The molecule has 0 aliphatic rings. The summed E-state index contributed by atoms with van der Waals surface area (Å²) in [6.07, 6.45) is 3.19. The quantitative estimate of drug-likeness (QED) is 0.744. The SMILES string of the molecule is CC(C)SCC(=O)CCc1ccnn1C. The monoisotopic (exact) mass is 226 g/mol. The molecule has 0 radical (unpaired) electrons. The second kappa shape index (κ2) is 5.95. The zero-order valence-electron chi connectivity index (χ0n) is 9.56. The van der Waals surface area contributed by atoms with Crippen LogP contribution in [-0.4, -0.2) is 26.6 Å². The summed E-state index contributed by atoms with van der Waals surface area (Å²) in [7, 11) is 1.91. The first-order valence-corrected chi connectivity index (χ1v) is 6.24. The van der Waals surface area contributed by atoms with Gasteiger partial charge in [0, 0.05) is 25.4 Å². The summed E-state index contributed by atoms with van der Waals surface area (Å²) in [5, 5.41) is 4.60. The van der Waals surface area contributed by atoms with Crippen LogP contribution in [0.1, 0.15) is 26.0 Å². The van der Waals surface area contributed by atoms with E-state index in [2.05, 4.69) is 18.9 Å². The summed E-state index contributed by atoms with van der Waals surface area (Å²) >= 11 is 1.71. The largest absolute Gasteiger partial charge is 0.299 e. The van der Waals surface area contributed by atoms with Crippen LogP contribution < -0.4 is 0 Å². The van der Waals surface area contributed by atoms with Gasteiger partial charge in [-0.2, -0.15) is 16.9 Å². The topological polar surface area (TPSA) is 34.9 Å². The average molecular weight is 226 g/mol. The predicted octanol–water partition coefficient (Wildman–Crippen LogP) is 2.06. The highest BCUT2D eigenvalue weighted by molar-refractivity contribution is 8.00. The Morgan fingerprint density at radius 1 is 1.60 bits per heavy atom. The van der Waals surface area contributed by atoms with Crippen molar-refractivity contribution < 1.29 is 4.79 Å². The third-order valence-electron chi connectivity index (χ3n) is 2.16. The number of aromatic nitrogens is 2. The normalized spacial score (nSPS) is 10.9. The van der Waals surface area contributed by atoms with Crippen molar-refractivity contribution in [2.24, 2.45) is 7.05 Å². The van der Waals surface area contributed by atoms with E-state index in [0.29, 0.717) is 23.2 Å². The van der Waals surface area contributed by atoms with Gasteiger partial charge < -0.3 is 0 Å². The number of hydrogen-bond acceptors (Lipinski definition) is 3. The molecule has 0 aromatic carbocycles. The van der Waals surface area contributed by atoms with Gasteiger partial charge in [-0.1, -0.05) is 13.8 Å². The van der Waals surface area contributed by atoms with E-state index in [0.717, 1.165) is 12.1 Å². The second-order valence-corrected chi connectivity index (χ2v) is 5.41. The Morgan fingerprint density at radius 2 is 2.33 bits per heavy atom. The van der Waals surface area contributed by atoms with Crippen LogP contribution in [0.2, 0.25) is 0 Å². The van der Waals surface area contributed by atoms with Crippen LogP contribution in [0, 0.1) is 0 Å². The maximum atomic E-state index is 11.5. The zero-order valence-corrected chi connectivity index (χ0v) is 10.4. The van der Waals surface area contributed by atoms with Crippen molar-refractivity contribution in [1.29, 1.82) is 0 Å². The molecule has 1 rings (SSSR count). The first-order valence-electron chi connectivity index (χ1n) is 5.19. The molecule has 0 fully saturated rings. The maximum absolute atomic E-state index is 11.5. The molecule has 3 nitrogen and oxygen atoms in total. The van der Waals surface area contributed by atoms with E-state index in [4.69, 9.17) is 0 Å². The summed E-state index contributed by atoms with van der Waals surface area (Å²) in [5.41, 5.74) is 1.12. The van der Waals surface area contributed by atoms with Gasteiger partial charge in [0.2, 0.25) is 0 Å². The van der Waals surface area contributed by atoms with Crippen LogP contribution in [0.5, 0.6) is 0 Å². The number of ketones is 1. The van der Waals surface area contributed by atoms with Gasteiger partial charge in [0.1, 0.15) is 5.78 Å². The van der Waals surface area contributed by atoms with Crippen molar-refractivity contribution in [3.63, 3.8) is 0 Å². The number of Topliss-reactive ketones (excluding diaryl/α,β-unsaturated/α-hetero) is 1. The summed E-state index contributed by atoms with van der Waals surface area (Å²) in [6, 6.07) is 1.96. The summed E-state index contributed by atoms with van der Waals surface area (Å²) in [4.78, 5) is 11.5. The van der Waals surface area contributed by atoms with Crippen LogP contribution in [-0.2, 0) is 18.3 Å². The van der Waals surface area contributed by atoms with Gasteiger partial charge in [-0.15, -0.1) is 0 Å². The van der Waals surface area contributed by atoms with E-state index in [9.17, 15) is 4.79 Å². The highest BCUT2D eigenvalue weighted by atomic mass is 32.2. The lowest BCUT2D eigenvalue weighted by Crippen LogP contribution is -2.07. The first kappa shape index (κ1) is 12.3. The molecule has 0 amide bonds. The molecule has 0 saturated carbocycles. The van der Waals surface area contributed by atoms with E-state index in [1.54, 1.807) is 18.0 Å². The molecule has 0 unspecified atom stereocenters. The Labute approximate surface area is 95.2 Å². The molecule has 15 heavy (non-hydrogen) atoms. The Bertz CT molecular complexity index is 320. The molecule has 0 spiro atoms. The highest BCUT2D eigenvalue weighted by Crippen LogP contribution is 2.10. The number of aryl methyl sites for hydroxylation is 2. The number of carbonyl (C=O) groups is 1. The van der Waals surface area contributed by atoms with E-state index < -0.39 is 0 Å². The van der Waals surface area contributed by atoms with Crippen LogP contribution in [0.25, 0.3) is 0 Å². The van der Waals surface area contributed by atoms with Crippen molar-refractivity contribution in [2.75, 3.05) is 5.75 Å². The van der Waals surface area contributed by atoms with Gasteiger partial charge in [-0.05, 0) is 17.7 Å². The molecule has 1 aromatic heterocycles. The third-order valence-corrected chi connectivity index (χ3v) is 3.32. The molecule has 1 aromatic rings. The van der Waals surface area contributed by atoms with Crippen LogP contribution in [0.3, 0.4) is 0 Å². The smallest absolute Gasteiger partial charge is 0.143 e.